The fraction of sp³-hybridized carbons (Fsp3) is 0.176. The van der Waals surface area contributed by atoms with Crippen LogP contribution in [0.2, 0.25) is 0 Å². The minimum Gasteiger partial charge on any atom is -0.497 e. The van der Waals surface area contributed by atoms with Gasteiger partial charge in [-0.25, -0.2) is 4.79 Å². The van der Waals surface area contributed by atoms with E-state index in [2.05, 4.69) is 51.6 Å². The van der Waals surface area contributed by atoms with Crippen LogP contribution in [0.1, 0.15) is 52.0 Å². The Kier molecular flexibility index (Phi) is 8.30. The van der Waals surface area contributed by atoms with E-state index in [1.54, 1.807) is 55.6 Å². The fourth-order valence-electron chi connectivity index (χ4n) is 4.24. The lowest BCUT2D eigenvalue weighted by Crippen LogP contribution is -2.19. The van der Waals surface area contributed by atoms with Gasteiger partial charge < -0.3 is 14.2 Å². The van der Waals surface area contributed by atoms with E-state index in [1.807, 2.05) is 18.2 Å². The minimum atomic E-state index is -0.509. The second-order valence-electron chi connectivity index (χ2n) is 9.81. The molecule has 198 valence electrons. The number of rotatable bonds is 10. The number of carbonyl (C=O) groups excluding carboxylic acids is 2. The average molecular weight is 521 g/mol. The lowest BCUT2D eigenvalue weighted by Gasteiger charge is -2.27. The molecule has 4 aromatic rings. The van der Waals surface area contributed by atoms with Gasteiger partial charge in [0.15, 0.2) is 5.78 Å². The lowest BCUT2D eigenvalue weighted by atomic mass is 9.77. The van der Waals surface area contributed by atoms with Crippen molar-refractivity contribution in [2.75, 3.05) is 7.11 Å². The number of hydrogen-bond acceptors (Lipinski definition) is 5. The number of ether oxygens (including phenoxy) is 3. The summed E-state index contributed by atoms with van der Waals surface area (Å²) in [5, 5.41) is 0. The van der Waals surface area contributed by atoms with E-state index in [9.17, 15) is 9.59 Å². The molecule has 0 fully saturated rings. The Balaban J connectivity index is 1.59. The van der Waals surface area contributed by atoms with Gasteiger partial charge in [-0.05, 0) is 78.7 Å². The highest BCUT2D eigenvalue weighted by molar-refractivity contribution is 6.09. The van der Waals surface area contributed by atoms with Crippen LogP contribution in [-0.4, -0.2) is 18.9 Å². The Hall–Kier alpha value is -4.64. The van der Waals surface area contributed by atoms with E-state index < -0.39 is 5.97 Å². The van der Waals surface area contributed by atoms with Crippen molar-refractivity contribution in [2.24, 2.45) is 0 Å². The maximum atomic E-state index is 12.9. The van der Waals surface area contributed by atoms with Crippen LogP contribution in [0.5, 0.6) is 17.2 Å². The summed E-state index contributed by atoms with van der Waals surface area (Å²) < 4.78 is 16.7. The quantitative estimate of drug-likeness (QED) is 0.123. The number of benzene rings is 4. The van der Waals surface area contributed by atoms with Gasteiger partial charge >= 0.3 is 5.97 Å². The van der Waals surface area contributed by atoms with Crippen molar-refractivity contribution >= 4 is 11.8 Å². The van der Waals surface area contributed by atoms with Gasteiger partial charge in [-0.2, -0.15) is 0 Å². The Morgan fingerprint density at radius 1 is 0.795 bits per heavy atom. The average Bonchev–Trinajstić information content (AvgIpc) is 2.96. The van der Waals surface area contributed by atoms with Gasteiger partial charge in [0, 0.05) is 28.2 Å². The van der Waals surface area contributed by atoms with Crippen molar-refractivity contribution in [3.8, 4) is 17.2 Å². The first-order chi connectivity index (χ1) is 18.7. The third-order valence-corrected chi connectivity index (χ3v) is 6.79. The molecule has 0 unspecified atom stereocenters. The van der Waals surface area contributed by atoms with Crippen molar-refractivity contribution in [1.82, 2.24) is 0 Å². The number of esters is 1. The molecule has 5 nitrogen and oxygen atoms in total. The van der Waals surface area contributed by atoms with Crippen LogP contribution in [0.25, 0.3) is 0 Å². The van der Waals surface area contributed by atoms with Crippen LogP contribution in [0, 0.1) is 6.92 Å². The minimum absolute atomic E-state index is 0.0338. The number of ketones is 1. The molecule has 0 aliphatic rings. The van der Waals surface area contributed by atoms with Crippen molar-refractivity contribution in [1.29, 1.82) is 0 Å². The summed E-state index contributed by atoms with van der Waals surface area (Å²) in [7, 11) is 1.59. The summed E-state index contributed by atoms with van der Waals surface area (Å²) in [5.41, 5.74) is 4.99. The van der Waals surface area contributed by atoms with Crippen LogP contribution < -0.4 is 9.47 Å². The standard InChI is InChI=1S/C34H32O5/c1-6-32(35)38-22-26-21-28(34(3,4)27-13-7-23(2)8-14-27)15-20-31(26)39-30-18-11-25(12-19-30)33(36)24-9-16-29(37-5)17-10-24/h6-21H,1,22H2,2-5H3. The Morgan fingerprint density at radius 3 is 1.92 bits per heavy atom. The maximum Gasteiger partial charge on any atom is 0.330 e. The molecule has 0 aliphatic heterocycles. The molecule has 0 aromatic heterocycles. The Bertz CT molecular complexity index is 1460. The van der Waals surface area contributed by atoms with E-state index in [1.165, 1.54) is 11.1 Å². The third kappa shape index (κ3) is 6.44. The first-order valence-electron chi connectivity index (χ1n) is 12.7. The summed E-state index contributed by atoms with van der Waals surface area (Å²) in [5.74, 6) is 1.21. The first kappa shape index (κ1) is 27.4. The van der Waals surface area contributed by atoms with Gasteiger partial charge in [0.25, 0.3) is 0 Å². The summed E-state index contributed by atoms with van der Waals surface area (Å²) >= 11 is 0. The SMILES string of the molecule is C=CC(=O)OCc1cc(C(C)(C)c2ccc(C)cc2)ccc1Oc1ccc(C(=O)c2ccc(OC)cc2)cc1. The number of carbonyl (C=O) groups is 2. The van der Waals surface area contributed by atoms with E-state index in [0.717, 1.165) is 17.2 Å². The molecule has 0 amide bonds. The molecule has 0 saturated heterocycles. The lowest BCUT2D eigenvalue weighted by molar-refractivity contribution is -0.139. The van der Waals surface area contributed by atoms with Crippen molar-refractivity contribution in [3.63, 3.8) is 0 Å². The van der Waals surface area contributed by atoms with Crippen LogP contribution in [0.4, 0.5) is 0 Å². The molecular formula is C34H32O5. The second kappa shape index (κ2) is 11.8. The van der Waals surface area contributed by atoms with Gasteiger partial charge in [-0.1, -0.05) is 56.3 Å². The molecule has 0 aliphatic carbocycles. The van der Waals surface area contributed by atoms with Gasteiger partial charge in [0.2, 0.25) is 0 Å². The zero-order valence-electron chi connectivity index (χ0n) is 22.7. The zero-order valence-corrected chi connectivity index (χ0v) is 22.7. The zero-order chi connectivity index (χ0) is 28.0. The molecule has 4 rings (SSSR count). The van der Waals surface area contributed by atoms with E-state index in [4.69, 9.17) is 14.2 Å². The van der Waals surface area contributed by atoms with Crippen molar-refractivity contribution in [2.45, 2.75) is 32.8 Å². The summed E-state index contributed by atoms with van der Waals surface area (Å²) in [6.07, 6.45) is 1.14. The molecule has 0 atom stereocenters. The van der Waals surface area contributed by atoms with Crippen LogP contribution in [0.3, 0.4) is 0 Å². The fourth-order valence-corrected chi connectivity index (χ4v) is 4.24. The highest BCUT2D eigenvalue weighted by Gasteiger charge is 2.24. The van der Waals surface area contributed by atoms with E-state index >= 15 is 0 Å². The van der Waals surface area contributed by atoms with Gasteiger partial charge in [0.1, 0.15) is 23.9 Å². The molecule has 0 radical (unpaired) electrons. The maximum absolute atomic E-state index is 12.9. The highest BCUT2D eigenvalue weighted by Crippen LogP contribution is 2.36. The Labute approximate surface area is 229 Å². The molecule has 39 heavy (non-hydrogen) atoms. The molecule has 0 bridgehead atoms. The second-order valence-corrected chi connectivity index (χ2v) is 9.81. The highest BCUT2D eigenvalue weighted by atomic mass is 16.5. The number of aryl methyl sites for hydroxylation is 1. The predicted octanol–water partition coefficient (Wildman–Crippen LogP) is 7.58. The summed E-state index contributed by atoms with van der Waals surface area (Å²) in [6, 6.07) is 28.3. The third-order valence-electron chi connectivity index (χ3n) is 6.79. The molecule has 0 saturated carbocycles. The van der Waals surface area contributed by atoms with Crippen LogP contribution in [0.15, 0.2) is 104 Å². The van der Waals surface area contributed by atoms with Gasteiger partial charge in [0.05, 0.1) is 7.11 Å². The van der Waals surface area contributed by atoms with Crippen LogP contribution in [-0.2, 0) is 21.6 Å². The Morgan fingerprint density at radius 2 is 1.36 bits per heavy atom. The molecule has 0 spiro atoms. The molecule has 0 heterocycles. The summed E-state index contributed by atoms with van der Waals surface area (Å²) in [4.78, 5) is 24.7. The van der Waals surface area contributed by atoms with E-state index in [0.29, 0.717) is 28.4 Å². The van der Waals surface area contributed by atoms with Crippen molar-refractivity contribution < 1.29 is 23.8 Å². The largest absolute Gasteiger partial charge is 0.497 e. The molecule has 5 heteroatoms. The predicted molar refractivity (Wildman–Crippen MR) is 153 cm³/mol. The topological polar surface area (TPSA) is 61.8 Å². The van der Waals surface area contributed by atoms with E-state index in [-0.39, 0.29) is 17.8 Å². The number of hydrogen-bond donors (Lipinski definition) is 0. The first-order valence-corrected chi connectivity index (χ1v) is 12.7. The van der Waals surface area contributed by atoms with Crippen LogP contribution >= 0.6 is 0 Å². The monoisotopic (exact) mass is 520 g/mol. The molecule has 4 aromatic carbocycles. The molecule has 0 N–H and O–H groups in total. The molecular weight excluding hydrogens is 488 g/mol. The van der Waals surface area contributed by atoms with Crippen molar-refractivity contribution in [3.05, 3.63) is 137 Å². The summed E-state index contributed by atoms with van der Waals surface area (Å²) in [6.45, 7) is 9.90. The smallest absolute Gasteiger partial charge is 0.330 e. The van der Waals surface area contributed by atoms with Gasteiger partial charge in [-0.15, -0.1) is 0 Å². The number of methoxy groups -OCH3 is 1. The normalized spacial score (nSPS) is 11.0. The van der Waals surface area contributed by atoms with Gasteiger partial charge in [-0.3, -0.25) is 4.79 Å².